The van der Waals surface area contributed by atoms with E-state index < -0.39 is 0 Å². The van der Waals surface area contributed by atoms with Crippen LogP contribution in [0.1, 0.15) is 23.6 Å². The molecule has 0 radical (unpaired) electrons. The molecule has 6 heteroatoms. The van der Waals surface area contributed by atoms with Gasteiger partial charge in [0.1, 0.15) is 13.2 Å². The molecule has 0 amide bonds. The van der Waals surface area contributed by atoms with Gasteiger partial charge in [0.25, 0.3) is 0 Å². The van der Waals surface area contributed by atoms with Gasteiger partial charge in [0.05, 0.1) is 31.7 Å². The molecule has 31 heavy (non-hydrogen) atoms. The van der Waals surface area contributed by atoms with Crippen LogP contribution in [0.25, 0.3) is 0 Å². The molecule has 2 aliphatic heterocycles. The Bertz CT molecular complexity index is 1110. The largest absolute Gasteiger partial charge is 0.493 e. The molecule has 5 rings (SSSR count). The lowest BCUT2D eigenvalue weighted by molar-refractivity contribution is 0.171. The van der Waals surface area contributed by atoms with Gasteiger partial charge in [0.15, 0.2) is 23.0 Å². The van der Waals surface area contributed by atoms with Gasteiger partial charge in [-0.15, -0.1) is 0 Å². The Morgan fingerprint density at radius 3 is 2.39 bits per heavy atom. The first-order valence-electron chi connectivity index (χ1n) is 10.3. The third-order valence-corrected chi connectivity index (χ3v) is 5.60. The normalized spacial score (nSPS) is 17.3. The molecule has 0 saturated heterocycles. The fourth-order valence-electron chi connectivity index (χ4n) is 4.05. The predicted molar refractivity (Wildman–Crippen MR) is 120 cm³/mol. The fraction of sp³-hybridized carbons (Fsp3) is 0.240. The SMILES string of the molecule is COc1ccc(C2CC(c3ccc4c(c3)OCCO4)=NN2c2ccccc2)cc1OC. The van der Waals surface area contributed by atoms with E-state index in [0.717, 1.165) is 40.4 Å². The van der Waals surface area contributed by atoms with Gasteiger partial charge in [-0.1, -0.05) is 24.3 Å². The van der Waals surface area contributed by atoms with Crippen molar-refractivity contribution in [1.29, 1.82) is 0 Å². The number of ether oxygens (including phenoxy) is 4. The van der Waals surface area contributed by atoms with Crippen molar-refractivity contribution in [3.63, 3.8) is 0 Å². The number of rotatable bonds is 5. The molecule has 0 aromatic heterocycles. The topological polar surface area (TPSA) is 52.5 Å². The minimum Gasteiger partial charge on any atom is -0.493 e. The molecular weight excluding hydrogens is 392 g/mol. The molecule has 1 unspecified atom stereocenters. The van der Waals surface area contributed by atoms with Crippen molar-refractivity contribution in [2.75, 3.05) is 32.4 Å². The average Bonchev–Trinajstić information content (AvgIpc) is 3.29. The van der Waals surface area contributed by atoms with Gasteiger partial charge in [-0.3, -0.25) is 5.01 Å². The van der Waals surface area contributed by atoms with Gasteiger partial charge < -0.3 is 18.9 Å². The molecule has 2 heterocycles. The Labute approximate surface area is 181 Å². The van der Waals surface area contributed by atoms with Crippen molar-refractivity contribution in [3.8, 4) is 23.0 Å². The lowest BCUT2D eigenvalue weighted by Gasteiger charge is -2.24. The third kappa shape index (κ3) is 3.65. The van der Waals surface area contributed by atoms with Crippen LogP contribution in [-0.2, 0) is 0 Å². The molecule has 0 fully saturated rings. The van der Waals surface area contributed by atoms with Crippen molar-refractivity contribution in [2.24, 2.45) is 5.10 Å². The summed E-state index contributed by atoms with van der Waals surface area (Å²) in [4.78, 5) is 0. The van der Waals surface area contributed by atoms with Gasteiger partial charge in [-0.05, 0) is 48.0 Å². The Balaban J connectivity index is 1.53. The highest BCUT2D eigenvalue weighted by molar-refractivity contribution is 6.03. The van der Waals surface area contributed by atoms with E-state index in [1.165, 1.54) is 0 Å². The van der Waals surface area contributed by atoms with Crippen molar-refractivity contribution in [2.45, 2.75) is 12.5 Å². The summed E-state index contributed by atoms with van der Waals surface area (Å²) in [5, 5.41) is 7.09. The van der Waals surface area contributed by atoms with Gasteiger partial charge >= 0.3 is 0 Å². The van der Waals surface area contributed by atoms with E-state index in [4.69, 9.17) is 24.0 Å². The zero-order valence-electron chi connectivity index (χ0n) is 17.6. The van der Waals surface area contributed by atoms with Crippen LogP contribution in [0, 0.1) is 0 Å². The minimum atomic E-state index is 0.0328. The highest BCUT2D eigenvalue weighted by Gasteiger charge is 2.31. The van der Waals surface area contributed by atoms with Crippen LogP contribution in [0.4, 0.5) is 5.69 Å². The van der Waals surface area contributed by atoms with Crippen LogP contribution in [-0.4, -0.2) is 33.1 Å². The van der Waals surface area contributed by atoms with Crippen LogP contribution in [0.3, 0.4) is 0 Å². The zero-order valence-corrected chi connectivity index (χ0v) is 17.6. The van der Waals surface area contributed by atoms with Crippen LogP contribution in [0.2, 0.25) is 0 Å². The van der Waals surface area contributed by atoms with Gasteiger partial charge in [0, 0.05) is 12.0 Å². The number of hydrogen-bond acceptors (Lipinski definition) is 6. The maximum absolute atomic E-state index is 5.78. The van der Waals surface area contributed by atoms with E-state index in [9.17, 15) is 0 Å². The molecule has 2 aliphatic rings. The number of nitrogens with zero attached hydrogens (tertiary/aromatic N) is 2. The summed E-state index contributed by atoms with van der Waals surface area (Å²) < 4.78 is 22.4. The molecule has 0 bridgehead atoms. The monoisotopic (exact) mass is 416 g/mol. The molecule has 0 aliphatic carbocycles. The molecule has 1 atom stereocenters. The Kier molecular flexibility index (Phi) is 5.12. The highest BCUT2D eigenvalue weighted by atomic mass is 16.6. The molecule has 3 aromatic carbocycles. The molecule has 0 spiro atoms. The summed E-state index contributed by atoms with van der Waals surface area (Å²) in [5.41, 5.74) is 4.18. The molecule has 158 valence electrons. The Hall–Kier alpha value is -3.67. The summed E-state index contributed by atoms with van der Waals surface area (Å²) in [6.07, 6.45) is 0.754. The zero-order chi connectivity index (χ0) is 21.2. The third-order valence-electron chi connectivity index (χ3n) is 5.60. The lowest BCUT2D eigenvalue weighted by atomic mass is 9.97. The summed E-state index contributed by atoms with van der Waals surface area (Å²) >= 11 is 0. The maximum atomic E-state index is 5.78. The molecular formula is C25H24N2O4. The maximum Gasteiger partial charge on any atom is 0.162 e. The standard InChI is InChI=1S/C25H24N2O4/c1-28-22-10-9-18(15-24(22)29-2)21-16-20(26-27(21)19-6-4-3-5-7-19)17-8-11-23-25(14-17)31-13-12-30-23/h3-11,14-15,21H,12-13,16H2,1-2H3. The van der Waals surface area contributed by atoms with E-state index in [2.05, 4.69) is 23.2 Å². The first-order chi connectivity index (χ1) is 15.3. The lowest BCUT2D eigenvalue weighted by Crippen LogP contribution is -2.18. The molecule has 3 aromatic rings. The predicted octanol–water partition coefficient (Wildman–Crippen LogP) is 4.83. The average molecular weight is 416 g/mol. The Morgan fingerprint density at radius 2 is 1.61 bits per heavy atom. The smallest absolute Gasteiger partial charge is 0.162 e. The number of anilines is 1. The summed E-state index contributed by atoms with van der Waals surface area (Å²) in [7, 11) is 3.30. The van der Waals surface area contributed by atoms with Gasteiger partial charge in [-0.25, -0.2) is 0 Å². The second-order valence-electron chi connectivity index (χ2n) is 7.42. The summed E-state index contributed by atoms with van der Waals surface area (Å²) in [6, 6.07) is 22.3. The molecule has 0 N–H and O–H groups in total. The van der Waals surface area contributed by atoms with Crippen molar-refractivity contribution in [3.05, 3.63) is 77.9 Å². The number of para-hydroxylation sites is 1. The first kappa shape index (κ1) is 19.3. The number of hydrazone groups is 1. The van der Waals surface area contributed by atoms with Crippen LogP contribution in [0.15, 0.2) is 71.8 Å². The second-order valence-corrected chi connectivity index (χ2v) is 7.42. The molecule has 6 nitrogen and oxygen atoms in total. The van der Waals surface area contributed by atoms with Gasteiger partial charge in [-0.2, -0.15) is 5.10 Å². The number of methoxy groups -OCH3 is 2. The first-order valence-corrected chi connectivity index (χ1v) is 10.3. The number of benzene rings is 3. The van der Waals surface area contributed by atoms with Crippen LogP contribution < -0.4 is 24.0 Å². The van der Waals surface area contributed by atoms with Gasteiger partial charge in [0.2, 0.25) is 0 Å². The van der Waals surface area contributed by atoms with Crippen molar-refractivity contribution in [1.82, 2.24) is 0 Å². The van der Waals surface area contributed by atoms with Crippen LogP contribution in [0.5, 0.6) is 23.0 Å². The second kappa shape index (κ2) is 8.22. The number of fused-ring (bicyclic) bond motifs is 1. The van der Waals surface area contributed by atoms with E-state index >= 15 is 0 Å². The summed E-state index contributed by atoms with van der Waals surface area (Å²) in [5.74, 6) is 2.97. The van der Waals surface area contributed by atoms with Crippen molar-refractivity contribution < 1.29 is 18.9 Å². The van der Waals surface area contributed by atoms with Crippen molar-refractivity contribution >= 4 is 11.4 Å². The van der Waals surface area contributed by atoms with E-state index in [1.807, 2.05) is 48.5 Å². The van der Waals surface area contributed by atoms with Crippen LogP contribution >= 0.6 is 0 Å². The van der Waals surface area contributed by atoms with E-state index in [0.29, 0.717) is 24.7 Å². The fourth-order valence-corrected chi connectivity index (χ4v) is 4.05. The Morgan fingerprint density at radius 1 is 0.839 bits per heavy atom. The van der Waals surface area contributed by atoms with E-state index in [-0.39, 0.29) is 6.04 Å². The molecule has 0 saturated carbocycles. The summed E-state index contributed by atoms with van der Waals surface area (Å²) in [6.45, 7) is 1.14. The number of hydrogen-bond donors (Lipinski definition) is 0. The highest BCUT2D eigenvalue weighted by Crippen LogP contribution is 2.40. The minimum absolute atomic E-state index is 0.0328. The van der Waals surface area contributed by atoms with E-state index in [1.54, 1.807) is 14.2 Å². The quantitative estimate of drug-likeness (QED) is 0.596.